The lowest BCUT2D eigenvalue weighted by atomic mass is 9.90. The van der Waals surface area contributed by atoms with E-state index in [0.717, 1.165) is 36.0 Å². The lowest BCUT2D eigenvalue weighted by Crippen LogP contribution is -2.40. The second-order valence-electron chi connectivity index (χ2n) is 7.94. The van der Waals surface area contributed by atoms with Crippen LogP contribution in [0.5, 0.6) is 0 Å². The Bertz CT molecular complexity index is 1270. The number of imide groups is 1. The molecule has 1 aliphatic rings. The molecule has 2 amide bonds. The van der Waals surface area contributed by atoms with E-state index in [9.17, 15) is 28.7 Å². The van der Waals surface area contributed by atoms with Crippen LogP contribution in [0.15, 0.2) is 52.4 Å². The number of rotatable bonds is 7. The molecule has 0 radical (unpaired) electrons. The van der Waals surface area contributed by atoms with Crippen molar-refractivity contribution in [2.24, 2.45) is 0 Å². The summed E-state index contributed by atoms with van der Waals surface area (Å²) in [6.07, 6.45) is 1.22. The molecule has 0 bridgehead atoms. The highest BCUT2D eigenvalue weighted by Crippen LogP contribution is 2.38. The van der Waals surface area contributed by atoms with Crippen molar-refractivity contribution >= 4 is 52.8 Å². The van der Waals surface area contributed by atoms with E-state index in [4.69, 9.17) is 16.3 Å². The van der Waals surface area contributed by atoms with Crippen LogP contribution in [0.3, 0.4) is 0 Å². The standard InChI is InChI=1S/C25H22ClF2NO6S/c1-13(25(34)35-2)36-21-12-20(19(28)11-18(21)26)29(22(30)14-6-5-7-15(27)10-14)23(31)16-8-3-4-9-17(16)24(32)33/h5-7,10-13H,3-4,8-9H2,1-2H3,(H,32,33). The van der Waals surface area contributed by atoms with Crippen molar-refractivity contribution in [3.8, 4) is 0 Å². The average molecular weight is 538 g/mol. The first-order valence-corrected chi connectivity index (χ1v) is 12.1. The Morgan fingerprint density at radius 2 is 1.72 bits per heavy atom. The number of carboxylic acid groups (broad SMARTS) is 1. The minimum Gasteiger partial charge on any atom is -0.478 e. The maximum atomic E-state index is 15.2. The number of ether oxygens (including phenoxy) is 1. The first-order valence-electron chi connectivity index (χ1n) is 10.9. The van der Waals surface area contributed by atoms with Gasteiger partial charge in [-0.3, -0.25) is 14.4 Å². The molecular weight excluding hydrogens is 516 g/mol. The lowest BCUT2D eigenvalue weighted by Gasteiger charge is -2.26. The van der Waals surface area contributed by atoms with Crippen LogP contribution in [0.1, 0.15) is 43.0 Å². The number of thioether (sulfide) groups is 1. The Hall–Kier alpha value is -3.24. The topological polar surface area (TPSA) is 101 Å². The number of anilines is 1. The molecule has 2 aromatic rings. The van der Waals surface area contributed by atoms with Gasteiger partial charge in [-0.15, -0.1) is 11.8 Å². The predicted octanol–water partition coefficient (Wildman–Crippen LogP) is 5.40. The first kappa shape index (κ1) is 27.3. The SMILES string of the molecule is COC(=O)C(C)Sc1cc(N(C(=O)C2=C(C(=O)O)CCCC2)C(=O)c2cccc(F)c2)c(F)cc1Cl. The van der Waals surface area contributed by atoms with Gasteiger partial charge in [0.25, 0.3) is 11.8 Å². The van der Waals surface area contributed by atoms with Gasteiger partial charge in [0, 0.05) is 21.6 Å². The normalized spacial score (nSPS) is 14.2. The summed E-state index contributed by atoms with van der Waals surface area (Å²) < 4.78 is 33.8. The second-order valence-corrected chi connectivity index (χ2v) is 9.73. The molecule has 7 nitrogen and oxygen atoms in total. The smallest absolute Gasteiger partial charge is 0.332 e. The van der Waals surface area contributed by atoms with Crippen LogP contribution in [0.4, 0.5) is 14.5 Å². The highest BCUT2D eigenvalue weighted by Gasteiger charge is 2.34. The van der Waals surface area contributed by atoms with E-state index in [2.05, 4.69) is 0 Å². The molecule has 0 spiro atoms. The maximum Gasteiger partial charge on any atom is 0.332 e. The summed E-state index contributed by atoms with van der Waals surface area (Å²) >= 11 is 7.09. The maximum absolute atomic E-state index is 15.2. The molecule has 1 atom stereocenters. The zero-order valence-corrected chi connectivity index (χ0v) is 20.9. The van der Waals surface area contributed by atoms with Gasteiger partial charge in [0.2, 0.25) is 0 Å². The summed E-state index contributed by atoms with van der Waals surface area (Å²) in [5.74, 6) is -5.77. The Balaban J connectivity index is 2.19. The third kappa shape index (κ3) is 5.93. The minimum absolute atomic E-state index is 0.0730. The second kappa shape index (κ2) is 11.7. The molecule has 1 N–H and O–H groups in total. The number of nitrogens with zero attached hydrogens (tertiary/aromatic N) is 1. The number of benzene rings is 2. The van der Waals surface area contributed by atoms with Crippen LogP contribution in [-0.2, 0) is 19.1 Å². The van der Waals surface area contributed by atoms with Gasteiger partial charge in [-0.2, -0.15) is 0 Å². The van der Waals surface area contributed by atoms with Gasteiger partial charge >= 0.3 is 11.9 Å². The van der Waals surface area contributed by atoms with Crippen LogP contribution in [0.25, 0.3) is 0 Å². The van der Waals surface area contributed by atoms with Gasteiger partial charge in [-0.05, 0) is 62.9 Å². The van der Waals surface area contributed by atoms with E-state index in [1.54, 1.807) is 0 Å². The molecule has 1 unspecified atom stereocenters. The van der Waals surface area contributed by atoms with Gasteiger partial charge in [0.1, 0.15) is 16.9 Å². The number of halogens is 3. The predicted molar refractivity (Wildman–Crippen MR) is 130 cm³/mol. The summed E-state index contributed by atoms with van der Waals surface area (Å²) in [6, 6.07) is 6.50. The van der Waals surface area contributed by atoms with Crippen molar-refractivity contribution in [1.29, 1.82) is 0 Å². The van der Waals surface area contributed by atoms with Gasteiger partial charge in [0.15, 0.2) is 0 Å². The summed E-state index contributed by atoms with van der Waals surface area (Å²) in [6.45, 7) is 1.53. The third-order valence-corrected chi connectivity index (χ3v) is 7.10. The molecule has 36 heavy (non-hydrogen) atoms. The van der Waals surface area contributed by atoms with Crippen LogP contribution in [0.2, 0.25) is 5.02 Å². The van der Waals surface area contributed by atoms with E-state index < -0.39 is 46.3 Å². The summed E-state index contributed by atoms with van der Waals surface area (Å²) in [5, 5.41) is 8.78. The minimum atomic E-state index is -1.31. The fourth-order valence-corrected chi connectivity index (χ4v) is 4.97. The van der Waals surface area contributed by atoms with E-state index >= 15 is 4.39 Å². The average Bonchev–Trinajstić information content (AvgIpc) is 2.85. The Labute approximate surface area is 215 Å². The number of aliphatic carboxylic acids is 1. The van der Waals surface area contributed by atoms with Crippen molar-refractivity contribution in [3.63, 3.8) is 0 Å². The van der Waals surface area contributed by atoms with Crippen molar-refractivity contribution in [2.75, 3.05) is 12.0 Å². The van der Waals surface area contributed by atoms with Gasteiger partial charge in [0.05, 0.1) is 17.8 Å². The highest BCUT2D eigenvalue weighted by molar-refractivity contribution is 8.00. The number of carboxylic acids is 1. The molecule has 1 aliphatic carbocycles. The van der Waals surface area contributed by atoms with E-state index in [1.165, 1.54) is 26.2 Å². The van der Waals surface area contributed by atoms with Gasteiger partial charge in [-0.25, -0.2) is 18.5 Å². The molecule has 0 aliphatic heterocycles. The summed E-state index contributed by atoms with van der Waals surface area (Å²) in [4.78, 5) is 51.5. The highest BCUT2D eigenvalue weighted by atomic mass is 35.5. The fourth-order valence-electron chi connectivity index (χ4n) is 3.76. The number of methoxy groups -OCH3 is 1. The van der Waals surface area contributed by atoms with Crippen LogP contribution >= 0.6 is 23.4 Å². The van der Waals surface area contributed by atoms with E-state index in [-0.39, 0.29) is 39.5 Å². The van der Waals surface area contributed by atoms with E-state index in [0.29, 0.717) is 17.7 Å². The van der Waals surface area contributed by atoms with Gasteiger partial charge < -0.3 is 9.84 Å². The molecule has 0 saturated heterocycles. The number of carbonyl (C=O) groups is 4. The molecule has 11 heteroatoms. The molecule has 3 rings (SSSR count). The molecule has 0 heterocycles. The largest absolute Gasteiger partial charge is 0.478 e. The lowest BCUT2D eigenvalue weighted by molar-refractivity contribution is -0.139. The molecule has 2 aromatic carbocycles. The number of hydrogen-bond donors (Lipinski definition) is 1. The van der Waals surface area contributed by atoms with Crippen LogP contribution < -0.4 is 4.90 Å². The zero-order chi connectivity index (χ0) is 26.6. The number of esters is 1. The van der Waals surface area contributed by atoms with Crippen molar-refractivity contribution in [3.05, 3.63) is 69.8 Å². The molecule has 0 fully saturated rings. The Morgan fingerprint density at radius 3 is 2.33 bits per heavy atom. The van der Waals surface area contributed by atoms with Crippen molar-refractivity contribution < 1.29 is 37.8 Å². The Kier molecular flexibility index (Phi) is 8.86. The molecule has 0 aromatic heterocycles. The summed E-state index contributed by atoms with van der Waals surface area (Å²) in [5.41, 5.74) is -1.05. The van der Waals surface area contributed by atoms with Crippen molar-refractivity contribution in [2.45, 2.75) is 42.8 Å². The zero-order valence-electron chi connectivity index (χ0n) is 19.3. The molecule has 0 saturated carbocycles. The van der Waals surface area contributed by atoms with Crippen LogP contribution in [0, 0.1) is 11.6 Å². The summed E-state index contributed by atoms with van der Waals surface area (Å²) in [7, 11) is 1.20. The van der Waals surface area contributed by atoms with E-state index in [1.807, 2.05) is 0 Å². The third-order valence-electron chi connectivity index (χ3n) is 5.54. The Morgan fingerprint density at radius 1 is 1.06 bits per heavy atom. The molecular formula is C25H22ClF2NO6S. The first-order chi connectivity index (χ1) is 17.0. The quantitative estimate of drug-likeness (QED) is 0.287. The monoisotopic (exact) mass is 537 g/mol. The van der Waals surface area contributed by atoms with Crippen molar-refractivity contribution in [1.82, 2.24) is 0 Å². The number of hydrogen-bond acceptors (Lipinski definition) is 6. The van der Waals surface area contributed by atoms with Gasteiger partial charge in [-0.1, -0.05) is 17.7 Å². The number of amides is 2. The fraction of sp³-hybridized carbons (Fsp3) is 0.280. The van der Waals surface area contributed by atoms with Crippen LogP contribution in [-0.4, -0.2) is 41.2 Å². The number of carbonyl (C=O) groups excluding carboxylic acids is 3. The molecule has 190 valence electrons.